The van der Waals surface area contributed by atoms with Gasteiger partial charge in [0, 0.05) is 32.1 Å². The van der Waals surface area contributed by atoms with Crippen LogP contribution in [0.25, 0.3) is 0 Å². The lowest BCUT2D eigenvalue weighted by Crippen LogP contribution is -2.46. The normalized spacial score (nSPS) is 15.3. The number of nitrogens with zero attached hydrogens (tertiary/aromatic N) is 5. The van der Waals surface area contributed by atoms with Crippen LogP contribution in [-0.2, 0) is 11.3 Å². The molecular weight excluding hydrogens is 392 g/mol. The minimum atomic E-state index is -0.120. The third-order valence-electron chi connectivity index (χ3n) is 5.58. The molecule has 0 bridgehead atoms. The summed E-state index contributed by atoms with van der Waals surface area (Å²) in [6, 6.07) is 9.94. The molecule has 8 nitrogen and oxygen atoms in total. The molecule has 1 aromatic heterocycles. The topological polar surface area (TPSA) is 83.4 Å². The summed E-state index contributed by atoms with van der Waals surface area (Å²) in [6.07, 6.45) is 3.04. The Morgan fingerprint density at radius 3 is 2.48 bits per heavy atom. The highest BCUT2D eigenvalue weighted by atomic mass is 16.2. The molecule has 1 fully saturated rings. The highest BCUT2D eigenvalue weighted by Gasteiger charge is 2.30. The lowest BCUT2D eigenvalue weighted by molar-refractivity contribution is -0.126. The summed E-state index contributed by atoms with van der Waals surface area (Å²) in [5.74, 6) is -0.0778. The van der Waals surface area contributed by atoms with Crippen LogP contribution in [-0.4, -0.2) is 76.9 Å². The molecule has 0 atom stereocenters. The van der Waals surface area contributed by atoms with Crippen LogP contribution in [0.4, 0.5) is 0 Å². The van der Waals surface area contributed by atoms with E-state index in [2.05, 4.69) is 34.4 Å². The number of rotatable bonds is 8. The molecular formula is C23H34N6O2. The molecule has 3 rings (SSSR count). The Morgan fingerprint density at radius 2 is 1.84 bits per heavy atom. The van der Waals surface area contributed by atoms with Crippen molar-refractivity contribution < 1.29 is 9.59 Å². The van der Waals surface area contributed by atoms with Gasteiger partial charge in [-0.3, -0.25) is 9.59 Å². The van der Waals surface area contributed by atoms with Gasteiger partial charge in [0.2, 0.25) is 5.91 Å². The van der Waals surface area contributed by atoms with E-state index in [-0.39, 0.29) is 23.1 Å². The van der Waals surface area contributed by atoms with Crippen LogP contribution in [0.2, 0.25) is 0 Å². The Labute approximate surface area is 184 Å². The molecule has 2 aromatic rings. The molecule has 2 amide bonds. The Hall–Kier alpha value is -2.74. The first-order valence-electron chi connectivity index (χ1n) is 10.9. The number of amides is 2. The van der Waals surface area contributed by atoms with Crippen LogP contribution >= 0.6 is 0 Å². The lowest BCUT2D eigenvalue weighted by Gasteiger charge is -2.32. The van der Waals surface area contributed by atoms with E-state index in [1.807, 2.05) is 44.4 Å². The van der Waals surface area contributed by atoms with Crippen molar-refractivity contribution >= 4 is 11.8 Å². The second kappa shape index (κ2) is 10.0. The number of hydrogen-bond acceptors (Lipinski definition) is 5. The van der Waals surface area contributed by atoms with Gasteiger partial charge in [0.05, 0.1) is 12.7 Å². The van der Waals surface area contributed by atoms with Gasteiger partial charge in [-0.1, -0.05) is 49.4 Å². The number of benzene rings is 1. The molecule has 1 aromatic carbocycles. The van der Waals surface area contributed by atoms with E-state index < -0.39 is 0 Å². The lowest BCUT2D eigenvalue weighted by atomic mass is 9.91. The average molecular weight is 427 g/mol. The Morgan fingerprint density at radius 1 is 1.16 bits per heavy atom. The van der Waals surface area contributed by atoms with E-state index in [0.717, 1.165) is 12.1 Å². The summed E-state index contributed by atoms with van der Waals surface area (Å²) in [5.41, 5.74) is 1.47. The number of hydrogen-bond donors (Lipinski definition) is 1. The molecule has 31 heavy (non-hydrogen) atoms. The van der Waals surface area contributed by atoms with Gasteiger partial charge in [-0.05, 0) is 37.9 Å². The first kappa shape index (κ1) is 22.9. The molecule has 0 radical (unpaired) electrons. The third kappa shape index (κ3) is 6.62. The fraction of sp³-hybridized carbons (Fsp3) is 0.565. The van der Waals surface area contributed by atoms with E-state index in [4.69, 9.17) is 0 Å². The van der Waals surface area contributed by atoms with Crippen molar-refractivity contribution in [2.45, 2.75) is 33.2 Å². The van der Waals surface area contributed by atoms with Gasteiger partial charge in [0.25, 0.3) is 5.91 Å². The van der Waals surface area contributed by atoms with E-state index in [1.54, 1.807) is 15.8 Å². The Bertz CT molecular complexity index is 869. The molecule has 8 heteroatoms. The van der Waals surface area contributed by atoms with Gasteiger partial charge in [0.15, 0.2) is 5.69 Å². The second-order valence-electron chi connectivity index (χ2n) is 9.47. The van der Waals surface area contributed by atoms with Gasteiger partial charge in [0.1, 0.15) is 0 Å². The van der Waals surface area contributed by atoms with Crippen molar-refractivity contribution in [3.63, 3.8) is 0 Å². The highest BCUT2D eigenvalue weighted by Crippen LogP contribution is 2.20. The Kier molecular flexibility index (Phi) is 7.43. The van der Waals surface area contributed by atoms with Crippen LogP contribution in [0.5, 0.6) is 0 Å². The van der Waals surface area contributed by atoms with Crippen molar-refractivity contribution in [1.29, 1.82) is 0 Å². The SMILES string of the molecule is CN(C)CC(C)(C)CNC(=O)C1CCN(C(=O)c2cn(Cc3ccccc3)nn2)CC1. The maximum absolute atomic E-state index is 12.8. The summed E-state index contributed by atoms with van der Waals surface area (Å²) in [4.78, 5) is 29.3. The average Bonchev–Trinajstić information content (AvgIpc) is 3.20. The monoisotopic (exact) mass is 426 g/mol. The quantitative estimate of drug-likeness (QED) is 0.697. The summed E-state index contributed by atoms with van der Waals surface area (Å²) >= 11 is 0. The van der Waals surface area contributed by atoms with E-state index in [1.165, 1.54) is 0 Å². The van der Waals surface area contributed by atoms with Gasteiger partial charge in [-0.15, -0.1) is 5.10 Å². The minimum absolute atomic E-state index is 0.0153. The molecule has 1 aliphatic heterocycles. The first-order chi connectivity index (χ1) is 14.7. The maximum atomic E-state index is 12.8. The van der Waals surface area contributed by atoms with Crippen molar-refractivity contribution in [2.24, 2.45) is 11.3 Å². The molecule has 168 valence electrons. The van der Waals surface area contributed by atoms with Gasteiger partial charge in [-0.25, -0.2) is 4.68 Å². The van der Waals surface area contributed by atoms with Crippen LogP contribution < -0.4 is 5.32 Å². The van der Waals surface area contributed by atoms with E-state index in [9.17, 15) is 9.59 Å². The van der Waals surface area contributed by atoms with Gasteiger partial charge < -0.3 is 15.1 Å². The number of piperidine rings is 1. The molecule has 1 saturated heterocycles. The zero-order chi connectivity index (χ0) is 22.4. The number of carbonyl (C=O) groups is 2. The third-order valence-corrected chi connectivity index (χ3v) is 5.58. The largest absolute Gasteiger partial charge is 0.355 e. The van der Waals surface area contributed by atoms with E-state index in [0.29, 0.717) is 44.7 Å². The van der Waals surface area contributed by atoms with Crippen LogP contribution in [0.3, 0.4) is 0 Å². The standard InChI is InChI=1S/C23H34N6O2/c1-23(2,17-27(3)4)16-24-21(30)19-10-12-28(13-11-19)22(31)20-15-29(26-25-20)14-18-8-6-5-7-9-18/h5-9,15,19H,10-14,16-17H2,1-4H3,(H,24,30). The fourth-order valence-corrected chi connectivity index (χ4v) is 4.13. The van der Waals surface area contributed by atoms with Crippen molar-refractivity contribution in [3.05, 3.63) is 47.8 Å². The van der Waals surface area contributed by atoms with Gasteiger partial charge >= 0.3 is 0 Å². The molecule has 0 aliphatic carbocycles. The number of likely N-dealkylation sites (tertiary alicyclic amines) is 1. The highest BCUT2D eigenvalue weighted by molar-refractivity contribution is 5.92. The molecule has 1 aliphatic rings. The zero-order valence-corrected chi connectivity index (χ0v) is 19.0. The second-order valence-corrected chi connectivity index (χ2v) is 9.47. The first-order valence-corrected chi connectivity index (χ1v) is 10.9. The summed E-state index contributed by atoms with van der Waals surface area (Å²) < 4.78 is 1.68. The molecule has 2 heterocycles. The van der Waals surface area contributed by atoms with Crippen molar-refractivity contribution in [2.75, 3.05) is 40.3 Å². The molecule has 0 unspecified atom stereocenters. The minimum Gasteiger partial charge on any atom is -0.355 e. The summed E-state index contributed by atoms with van der Waals surface area (Å²) in [5, 5.41) is 11.3. The molecule has 0 saturated carbocycles. The predicted octanol–water partition coefficient (Wildman–Crippen LogP) is 1.88. The maximum Gasteiger partial charge on any atom is 0.276 e. The van der Waals surface area contributed by atoms with Crippen LogP contribution in [0.1, 0.15) is 42.7 Å². The summed E-state index contributed by atoms with van der Waals surface area (Å²) in [7, 11) is 4.08. The van der Waals surface area contributed by atoms with Gasteiger partial charge in [-0.2, -0.15) is 0 Å². The zero-order valence-electron chi connectivity index (χ0n) is 19.0. The van der Waals surface area contributed by atoms with E-state index >= 15 is 0 Å². The smallest absolute Gasteiger partial charge is 0.276 e. The number of carbonyl (C=O) groups excluding carboxylic acids is 2. The molecule has 0 spiro atoms. The van der Waals surface area contributed by atoms with Crippen molar-refractivity contribution in [3.8, 4) is 0 Å². The van der Waals surface area contributed by atoms with Crippen LogP contribution in [0.15, 0.2) is 36.5 Å². The predicted molar refractivity (Wildman–Crippen MR) is 120 cm³/mol. The number of aromatic nitrogens is 3. The van der Waals surface area contributed by atoms with Crippen molar-refractivity contribution in [1.82, 2.24) is 30.1 Å². The number of nitrogens with one attached hydrogen (secondary N) is 1. The fourth-order valence-electron chi connectivity index (χ4n) is 4.13. The Balaban J connectivity index is 1.47. The summed E-state index contributed by atoms with van der Waals surface area (Å²) in [6.45, 7) is 7.55. The molecule has 1 N–H and O–H groups in total. The van der Waals surface area contributed by atoms with Crippen LogP contribution in [0, 0.1) is 11.3 Å².